The van der Waals surface area contributed by atoms with Crippen LogP contribution in [-0.4, -0.2) is 9.97 Å². The van der Waals surface area contributed by atoms with Crippen molar-refractivity contribution < 1.29 is 18.5 Å². The summed E-state index contributed by atoms with van der Waals surface area (Å²) in [7, 11) is 0. The molecule has 0 saturated heterocycles. The molecule has 0 aliphatic heterocycles. The minimum absolute atomic E-state index is 0.188. The molecule has 5 nitrogen and oxygen atoms in total. The molecule has 7 heteroatoms. The number of nitrogens with zero attached hydrogens (tertiary/aromatic N) is 1. The Bertz CT molecular complexity index is 1170. The Kier molecular flexibility index (Phi) is 4.00. The van der Waals surface area contributed by atoms with Gasteiger partial charge in [-0.2, -0.15) is 0 Å². The van der Waals surface area contributed by atoms with E-state index < -0.39 is 11.6 Å². The number of halogens is 2. The molecule has 0 saturated carbocycles. The maximum absolute atomic E-state index is 13.9. The maximum Gasteiger partial charge on any atom is 0.294 e. The molecule has 2 aromatic heterocycles. The lowest BCUT2D eigenvalue weighted by Gasteiger charge is -2.11. The van der Waals surface area contributed by atoms with Crippen molar-refractivity contribution in [3.05, 3.63) is 75.8 Å². The van der Waals surface area contributed by atoms with Crippen molar-refractivity contribution in [2.75, 3.05) is 0 Å². The van der Waals surface area contributed by atoms with Gasteiger partial charge in [0.15, 0.2) is 5.82 Å². The van der Waals surface area contributed by atoms with Crippen LogP contribution in [0.3, 0.4) is 0 Å². The number of H-pyrrole nitrogens is 1. The highest BCUT2D eigenvalue weighted by Gasteiger charge is 2.17. The van der Waals surface area contributed by atoms with Crippen molar-refractivity contribution in [1.29, 1.82) is 0 Å². The zero-order chi connectivity index (χ0) is 18.3. The minimum atomic E-state index is -0.610. The van der Waals surface area contributed by atoms with Crippen LogP contribution in [0.4, 0.5) is 8.78 Å². The summed E-state index contributed by atoms with van der Waals surface area (Å²) in [5.74, 6) is -0.739. The first kappa shape index (κ1) is 16.4. The number of furan rings is 1. The summed E-state index contributed by atoms with van der Waals surface area (Å²) in [5.41, 5.74) is 1.34. The molecule has 0 aliphatic carbocycles. The smallest absolute Gasteiger partial charge is 0.294 e. The topological polar surface area (TPSA) is 75.5 Å². The Morgan fingerprint density at radius 2 is 2.04 bits per heavy atom. The Balaban J connectivity index is 1.63. The molecule has 0 aliphatic rings. The standard InChI is InChI=1S/C19H15F2N3O2/c1-10(12-7-6-11(20)8-14(12)21)22-9-16-23-17-13-4-2-3-5-15(13)26-18(17)19(25)24-16/h2-8,10,22H,9H2,1H3,(H,23,24,25)/p+1/t10-/m0/s1. The summed E-state index contributed by atoms with van der Waals surface area (Å²) < 4.78 is 32.5. The van der Waals surface area contributed by atoms with Crippen molar-refractivity contribution in [3.63, 3.8) is 0 Å². The summed E-state index contributed by atoms with van der Waals surface area (Å²) in [4.78, 5) is 19.5. The van der Waals surface area contributed by atoms with Crippen molar-refractivity contribution >= 4 is 22.1 Å². The third-order valence-electron chi connectivity index (χ3n) is 4.40. The van der Waals surface area contributed by atoms with Gasteiger partial charge in [-0.25, -0.2) is 13.8 Å². The van der Waals surface area contributed by atoms with Crippen LogP contribution in [0.2, 0.25) is 0 Å². The number of aromatic nitrogens is 2. The van der Waals surface area contributed by atoms with Crippen LogP contribution in [-0.2, 0) is 6.54 Å². The van der Waals surface area contributed by atoms with Gasteiger partial charge in [0.2, 0.25) is 5.58 Å². The third-order valence-corrected chi connectivity index (χ3v) is 4.40. The van der Waals surface area contributed by atoms with Crippen molar-refractivity contribution in [2.45, 2.75) is 19.5 Å². The second-order valence-corrected chi connectivity index (χ2v) is 6.18. The number of para-hydroxylation sites is 1. The van der Waals surface area contributed by atoms with Crippen molar-refractivity contribution in [1.82, 2.24) is 9.97 Å². The van der Waals surface area contributed by atoms with Gasteiger partial charge < -0.3 is 14.7 Å². The number of benzene rings is 2. The van der Waals surface area contributed by atoms with Gasteiger partial charge in [0.1, 0.15) is 35.3 Å². The van der Waals surface area contributed by atoms with Crippen molar-refractivity contribution in [2.24, 2.45) is 0 Å². The minimum Gasteiger partial charge on any atom is -0.449 e. The molecular formula is C19H16F2N3O2+. The van der Waals surface area contributed by atoms with Crippen LogP contribution in [0.15, 0.2) is 51.7 Å². The average Bonchev–Trinajstić information content (AvgIpc) is 2.99. The van der Waals surface area contributed by atoms with Gasteiger partial charge in [-0.15, -0.1) is 0 Å². The molecule has 2 aromatic carbocycles. The average molecular weight is 356 g/mol. The molecule has 0 fully saturated rings. The number of rotatable bonds is 4. The fraction of sp³-hybridized carbons (Fsp3) is 0.158. The molecule has 0 bridgehead atoms. The Morgan fingerprint density at radius 1 is 1.23 bits per heavy atom. The Labute approximate surface area is 146 Å². The van der Waals surface area contributed by atoms with Crippen LogP contribution in [0.5, 0.6) is 0 Å². The second kappa shape index (κ2) is 6.34. The van der Waals surface area contributed by atoms with Gasteiger partial charge in [0, 0.05) is 17.0 Å². The molecule has 2 heterocycles. The molecular weight excluding hydrogens is 340 g/mol. The van der Waals surface area contributed by atoms with E-state index in [-0.39, 0.29) is 17.2 Å². The third kappa shape index (κ3) is 2.86. The second-order valence-electron chi connectivity index (χ2n) is 6.18. The first-order chi connectivity index (χ1) is 12.5. The van der Waals surface area contributed by atoms with E-state index in [9.17, 15) is 13.6 Å². The Hall–Kier alpha value is -3.06. The Morgan fingerprint density at radius 3 is 2.85 bits per heavy atom. The molecule has 26 heavy (non-hydrogen) atoms. The number of hydrogen-bond donors (Lipinski definition) is 2. The monoisotopic (exact) mass is 356 g/mol. The van der Waals surface area contributed by atoms with E-state index in [4.69, 9.17) is 4.42 Å². The zero-order valence-electron chi connectivity index (χ0n) is 13.9. The normalized spacial score (nSPS) is 12.7. The van der Waals surface area contributed by atoms with Crippen LogP contribution < -0.4 is 10.9 Å². The molecule has 0 amide bonds. The van der Waals surface area contributed by atoms with E-state index in [0.717, 1.165) is 11.5 Å². The summed E-state index contributed by atoms with van der Waals surface area (Å²) in [6, 6.07) is 10.6. The van der Waals surface area contributed by atoms with E-state index in [1.807, 2.05) is 23.5 Å². The van der Waals surface area contributed by atoms with Gasteiger partial charge in [0.05, 0.1) is 0 Å². The number of quaternary nitrogens is 1. The summed E-state index contributed by atoms with van der Waals surface area (Å²) in [5, 5.41) is 2.59. The predicted molar refractivity (Wildman–Crippen MR) is 92.5 cm³/mol. The summed E-state index contributed by atoms with van der Waals surface area (Å²) in [6.07, 6.45) is 0. The molecule has 0 spiro atoms. The summed E-state index contributed by atoms with van der Waals surface area (Å²) >= 11 is 0. The molecule has 1 atom stereocenters. The van der Waals surface area contributed by atoms with Gasteiger partial charge in [-0.1, -0.05) is 12.1 Å². The van der Waals surface area contributed by atoms with Crippen LogP contribution in [0.1, 0.15) is 24.4 Å². The number of nitrogens with one attached hydrogen (secondary N) is 1. The largest absolute Gasteiger partial charge is 0.449 e. The molecule has 4 aromatic rings. The number of nitrogens with two attached hydrogens (primary N) is 1. The van der Waals surface area contributed by atoms with E-state index >= 15 is 0 Å². The zero-order valence-corrected chi connectivity index (χ0v) is 13.9. The van der Waals surface area contributed by atoms with Gasteiger partial charge in [0.25, 0.3) is 5.56 Å². The van der Waals surface area contributed by atoms with Crippen LogP contribution in [0.25, 0.3) is 22.1 Å². The van der Waals surface area contributed by atoms with Gasteiger partial charge >= 0.3 is 0 Å². The first-order valence-corrected chi connectivity index (χ1v) is 8.21. The lowest BCUT2D eigenvalue weighted by atomic mass is 10.1. The van der Waals surface area contributed by atoms with E-state index in [1.54, 1.807) is 13.0 Å². The van der Waals surface area contributed by atoms with E-state index in [0.29, 0.717) is 29.0 Å². The van der Waals surface area contributed by atoms with Crippen LogP contribution in [0, 0.1) is 11.6 Å². The highest BCUT2D eigenvalue weighted by Crippen LogP contribution is 2.24. The fourth-order valence-corrected chi connectivity index (χ4v) is 3.03. The van der Waals surface area contributed by atoms with Crippen LogP contribution >= 0.6 is 0 Å². The lowest BCUT2D eigenvalue weighted by molar-refractivity contribution is -0.709. The number of hydrogen-bond acceptors (Lipinski definition) is 3. The van der Waals surface area contributed by atoms with Gasteiger partial charge in [-0.3, -0.25) is 4.79 Å². The maximum atomic E-state index is 13.9. The predicted octanol–water partition coefficient (Wildman–Crippen LogP) is 2.77. The van der Waals surface area contributed by atoms with Crippen molar-refractivity contribution in [3.8, 4) is 0 Å². The quantitative estimate of drug-likeness (QED) is 0.590. The SMILES string of the molecule is C[C@H]([NH2+]Cc1nc2c(oc3ccccc32)c(=O)[nH]1)c1ccc(F)cc1F. The number of fused-ring (bicyclic) bond motifs is 3. The van der Waals surface area contributed by atoms with E-state index in [2.05, 4.69) is 9.97 Å². The lowest BCUT2D eigenvalue weighted by Crippen LogP contribution is -2.83. The highest BCUT2D eigenvalue weighted by molar-refractivity contribution is 6.01. The highest BCUT2D eigenvalue weighted by atomic mass is 19.1. The van der Waals surface area contributed by atoms with E-state index in [1.165, 1.54) is 12.1 Å². The molecule has 132 valence electrons. The fourth-order valence-electron chi connectivity index (χ4n) is 3.03. The molecule has 0 radical (unpaired) electrons. The molecule has 0 unspecified atom stereocenters. The molecule has 3 N–H and O–H groups in total. The number of aromatic amines is 1. The molecule has 4 rings (SSSR count). The first-order valence-electron chi connectivity index (χ1n) is 8.21. The summed E-state index contributed by atoms with van der Waals surface area (Å²) in [6.45, 7) is 2.14. The van der Waals surface area contributed by atoms with Gasteiger partial charge in [-0.05, 0) is 31.2 Å².